The summed E-state index contributed by atoms with van der Waals surface area (Å²) in [6.07, 6.45) is 0. The molecule has 0 saturated heterocycles. The Balaban J connectivity index is 2.64. The van der Waals surface area contributed by atoms with E-state index in [9.17, 15) is 0 Å². The van der Waals surface area contributed by atoms with Crippen LogP contribution in [-0.4, -0.2) is 6.61 Å². The maximum Gasteiger partial charge on any atom is 0.137 e. The fourth-order valence-corrected chi connectivity index (χ4v) is 2.73. The van der Waals surface area contributed by atoms with E-state index in [1.165, 1.54) is 0 Å². The van der Waals surface area contributed by atoms with Crippen LogP contribution in [0.1, 0.15) is 6.92 Å². The number of hydrogen-bond donors (Lipinski definition) is 0. The van der Waals surface area contributed by atoms with Gasteiger partial charge < -0.3 is 4.74 Å². The summed E-state index contributed by atoms with van der Waals surface area (Å²) in [5, 5.41) is 4.19. The van der Waals surface area contributed by atoms with E-state index < -0.39 is 0 Å². The Bertz CT molecular complexity index is 464. The van der Waals surface area contributed by atoms with Crippen LogP contribution < -0.4 is 4.74 Å². The largest absolute Gasteiger partial charge is 0.492 e. The fraction of sp³-hybridized carbons (Fsp3) is 0.200. The van der Waals surface area contributed by atoms with Crippen molar-refractivity contribution in [2.24, 2.45) is 0 Å². The van der Waals surface area contributed by atoms with Gasteiger partial charge in [0.2, 0.25) is 0 Å². The topological polar surface area (TPSA) is 9.23 Å². The molecule has 0 unspecified atom stereocenters. The van der Waals surface area contributed by atoms with Gasteiger partial charge in [-0.2, -0.15) is 0 Å². The SMILES string of the molecule is CCOc1csc2c(Cl)c(Cl)ccc12. The van der Waals surface area contributed by atoms with Gasteiger partial charge >= 0.3 is 0 Å². The molecule has 0 saturated carbocycles. The number of halogens is 2. The van der Waals surface area contributed by atoms with Crippen molar-refractivity contribution in [3.05, 3.63) is 27.6 Å². The summed E-state index contributed by atoms with van der Waals surface area (Å²) >= 11 is 13.5. The van der Waals surface area contributed by atoms with E-state index in [4.69, 9.17) is 27.9 Å². The molecule has 2 aromatic rings. The molecule has 0 bridgehead atoms. The molecule has 0 spiro atoms. The molecule has 0 aliphatic rings. The van der Waals surface area contributed by atoms with E-state index in [0.717, 1.165) is 15.8 Å². The van der Waals surface area contributed by atoms with E-state index in [1.807, 2.05) is 18.4 Å². The van der Waals surface area contributed by atoms with Gasteiger partial charge in [0.15, 0.2) is 0 Å². The Morgan fingerprint density at radius 1 is 1.36 bits per heavy atom. The molecule has 1 aromatic carbocycles. The zero-order valence-electron chi connectivity index (χ0n) is 7.51. The first-order valence-electron chi connectivity index (χ1n) is 4.22. The summed E-state index contributed by atoms with van der Waals surface area (Å²) < 4.78 is 6.45. The fourth-order valence-electron chi connectivity index (χ4n) is 1.28. The minimum Gasteiger partial charge on any atom is -0.492 e. The lowest BCUT2D eigenvalue weighted by molar-refractivity contribution is 0.345. The standard InChI is InChI=1S/C10H8Cl2OS/c1-2-13-8-5-14-10-6(8)3-4-7(11)9(10)12/h3-5H,2H2,1H3. The first-order valence-corrected chi connectivity index (χ1v) is 5.85. The van der Waals surface area contributed by atoms with Crippen LogP contribution in [0.2, 0.25) is 10.0 Å². The number of fused-ring (bicyclic) bond motifs is 1. The van der Waals surface area contributed by atoms with Crippen LogP contribution in [0.4, 0.5) is 0 Å². The zero-order chi connectivity index (χ0) is 10.1. The normalized spacial score (nSPS) is 10.8. The molecule has 0 amide bonds. The van der Waals surface area contributed by atoms with Crippen LogP contribution in [-0.2, 0) is 0 Å². The summed E-state index contributed by atoms with van der Waals surface area (Å²) in [5.41, 5.74) is 0. The maximum atomic E-state index is 6.06. The highest BCUT2D eigenvalue weighted by atomic mass is 35.5. The van der Waals surface area contributed by atoms with Crippen molar-refractivity contribution in [2.45, 2.75) is 6.92 Å². The first kappa shape index (κ1) is 10.1. The number of ether oxygens (including phenoxy) is 1. The molecule has 1 nitrogen and oxygen atoms in total. The highest BCUT2D eigenvalue weighted by Gasteiger charge is 2.09. The lowest BCUT2D eigenvalue weighted by Gasteiger charge is -2.01. The number of hydrogen-bond acceptors (Lipinski definition) is 2. The second kappa shape index (κ2) is 3.97. The summed E-state index contributed by atoms with van der Waals surface area (Å²) in [6.45, 7) is 2.62. The molecule has 1 heterocycles. The van der Waals surface area contributed by atoms with E-state index in [-0.39, 0.29) is 0 Å². The molecule has 0 aliphatic heterocycles. The Hall–Kier alpha value is -0.440. The number of thiophene rings is 1. The number of rotatable bonds is 2. The van der Waals surface area contributed by atoms with Gasteiger partial charge in [-0.15, -0.1) is 11.3 Å². The maximum absolute atomic E-state index is 6.06. The Morgan fingerprint density at radius 2 is 2.14 bits per heavy atom. The van der Waals surface area contributed by atoms with E-state index in [1.54, 1.807) is 17.4 Å². The Kier molecular flexibility index (Phi) is 2.86. The van der Waals surface area contributed by atoms with Crippen molar-refractivity contribution >= 4 is 44.6 Å². The van der Waals surface area contributed by atoms with E-state index in [2.05, 4.69) is 0 Å². The molecule has 74 valence electrons. The molecule has 0 radical (unpaired) electrons. The van der Waals surface area contributed by atoms with Crippen molar-refractivity contribution < 1.29 is 4.74 Å². The van der Waals surface area contributed by atoms with E-state index >= 15 is 0 Å². The molecule has 2 rings (SSSR count). The van der Waals surface area contributed by atoms with Crippen LogP contribution in [0.3, 0.4) is 0 Å². The predicted octanol–water partition coefficient (Wildman–Crippen LogP) is 4.61. The highest BCUT2D eigenvalue weighted by Crippen LogP contribution is 2.39. The summed E-state index contributed by atoms with van der Waals surface area (Å²) in [5.74, 6) is 0.881. The van der Waals surface area contributed by atoms with Gasteiger partial charge in [-0.05, 0) is 19.1 Å². The van der Waals surface area contributed by atoms with Gasteiger partial charge in [0, 0.05) is 10.8 Å². The second-order valence-corrected chi connectivity index (χ2v) is 4.44. The average molecular weight is 247 g/mol. The predicted molar refractivity (Wildman–Crippen MR) is 63.0 cm³/mol. The van der Waals surface area contributed by atoms with Gasteiger partial charge in [0.25, 0.3) is 0 Å². The molecular weight excluding hydrogens is 239 g/mol. The molecule has 0 N–H and O–H groups in total. The third-order valence-corrected chi connectivity index (χ3v) is 3.81. The van der Waals surface area contributed by atoms with Crippen molar-refractivity contribution in [3.8, 4) is 5.75 Å². The van der Waals surface area contributed by atoms with Crippen molar-refractivity contribution in [2.75, 3.05) is 6.61 Å². The van der Waals surface area contributed by atoms with Crippen LogP contribution >= 0.6 is 34.5 Å². The molecule has 0 atom stereocenters. The van der Waals surface area contributed by atoms with Gasteiger partial charge in [-0.1, -0.05) is 23.2 Å². The van der Waals surface area contributed by atoms with Gasteiger partial charge in [-0.25, -0.2) is 0 Å². The second-order valence-electron chi connectivity index (χ2n) is 2.77. The van der Waals surface area contributed by atoms with Crippen molar-refractivity contribution in [1.29, 1.82) is 0 Å². The van der Waals surface area contributed by atoms with Gasteiger partial charge in [-0.3, -0.25) is 0 Å². The average Bonchev–Trinajstić information content (AvgIpc) is 2.57. The van der Waals surface area contributed by atoms with Gasteiger partial charge in [0.1, 0.15) is 5.75 Å². The van der Waals surface area contributed by atoms with Crippen molar-refractivity contribution in [3.63, 3.8) is 0 Å². The Labute approximate surface area is 96.2 Å². The minimum absolute atomic E-state index is 0.587. The molecular formula is C10H8Cl2OS. The molecule has 14 heavy (non-hydrogen) atoms. The minimum atomic E-state index is 0.587. The third-order valence-electron chi connectivity index (χ3n) is 1.90. The summed E-state index contributed by atoms with van der Waals surface area (Å²) in [7, 11) is 0. The zero-order valence-corrected chi connectivity index (χ0v) is 9.84. The quantitative estimate of drug-likeness (QED) is 0.753. The first-order chi connectivity index (χ1) is 6.74. The molecule has 4 heteroatoms. The number of benzene rings is 1. The molecule has 0 fully saturated rings. The van der Waals surface area contributed by atoms with Crippen LogP contribution in [0.15, 0.2) is 17.5 Å². The molecule has 1 aromatic heterocycles. The summed E-state index contributed by atoms with van der Waals surface area (Å²) in [6, 6.07) is 3.73. The molecule has 0 aliphatic carbocycles. The van der Waals surface area contributed by atoms with E-state index in [0.29, 0.717) is 16.7 Å². The van der Waals surface area contributed by atoms with Crippen LogP contribution in [0.5, 0.6) is 5.75 Å². The van der Waals surface area contributed by atoms with Gasteiger partial charge in [0.05, 0.1) is 21.4 Å². The third kappa shape index (κ3) is 1.58. The Morgan fingerprint density at radius 3 is 2.86 bits per heavy atom. The van der Waals surface area contributed by atoms with Crippen LogP contribution in [0, 0.1) is 0 Å². The van der Waals surface area contributed by atoms with Crippen molar-refractivity contribution in [1.82, 2.24) is 0 Å². The summed E-state index contributed by atoms with van der Waals surface area (Å²) in [4.78, 5) is 0. The van der Waals surface area contributed by atoms with Crippen LogP contribution in [0.25, 0.3) is 10.1 Å². The smallest absolute Gasteiger partial charge is 0.137 e. The monoisotopic (exact) mass is 246 g/mol. The lowest BCUT2D eigenvalue weighted by atomic mass is 10.2. The highest BCUT2D eigenvalue weighted by molar-refractivity contribution is 7.18. The lowest BCUT2D eigenvalue weighted by Crippen LogP contribution is -1.89.